The van der Waals surface area contributed by atoms with Gasteiger partial charge in [0.15, 0.2) is 11.6 Å². The first kappa shape index (κ1) is 23.2. The summed E-state index contributed by atoms with van der Waals surface area (Å²) in [7, 11) is 2.17. The van der Waals surface area contributed by atoms with E-state index in [2.05, 4.69) is 33.8 Å². The van der Waals surface area contributed by atoms with Crippen LogP contribution in [0.25, 0.3) is 10.4 Å². The van der Waals surface area contributed by atoms with Gasteiger partial charge in [-0.05, 0) is 59.0 Å². The van der Waals surface area contributed by atoms with Crippen LogP contribution < -0.4 is 10.5 Å². The number of nitrogens with zero attached hydrogens (tertiary/aromatic N) is 4. The second kappa shape index (κ2) is 9.87. The minimum atomic E-state index is -1.06. The van der Waals surface area contributed by atoms with E-state index in [0.29, 0.717) is 23.0 Å². The summed E-state index contributed by atoms with van der Waals surface area (Å²) < 4.78 is 5.97. The molecule has 1 fully saturated rings. The Labute approximate surface area is 198 Å². The van der Waals surface area contributed by atoms with Crippen molar-refractivity contribution in [1.82, 2.24) is 19.9 Å². The maximum atomic E-state index is 9.79. The molecule has 0 aromatic carbocycles. The molecule has 3 aromatic heterocycles. The number of aliphatic hydroxyl groups is 1. The molecule has 0 radical (unpaired) electrons. The summed E-state index contributed by atoms with van der Waals surface area (Å²) in [6.07, 6.45) is 9.35. The Morgan fingerprint density at radius 2 is 1.97 bits per heavy atom. The molecular weight excluding hydrogens is 434 g/mol. The second-order valence-electron chi connectivity index (χ2n) is 8.93. The molecule has 0 aliphatic carbocycles. The quantitative estimate of drug-likeness (QED) is 0.557. The number of nitrogen functional groups attached to an aromatic ring is 1. The van der Waals surface area contributed by atoms with Gasteiger partial charge < -0.3 is 20.5 Å². The topological polar surface area (TPSA) is 97.4 Å². The average Bonchev–Trinajstić information content (AvgIpc) is 3.28. The molecular formula is C25H29N5O2S. The van der Waals surface area contributed by atoms with E-state index in [1.54, 1.807) is 43.8 Å². The molecule has 172 valence electrons. The lowest BCUT2D eigenvalue weighted by Gasteiger charge is -2.27. The fourth-order valence-corrected chi connectivity index (χ4v) is 4.66. The first-order valence-electron chi connectivity index (χ1n) is 11.0. The van der Waals surface area contributed by atoms with E-state index in [4.69, 9.17) is 15.5 Å². The van der Waals surface area contributed by atoms with Crippen LogP contribution in [0.15, 0.2) is 36.9 Å². The number of nitrogens with two attached hydrogens (primary N) is 1. The van der Waals surface area contributed by atoms with Gasteiger partial charge in [-0.25, -0.2) is 9.97 Å². The molecule has 3 aromatic rings. The highest BCUT2D eigenvalue weighted by molar-refractivity contribution is 7.15. The molecule has 4 heterocycles. The van der Waals surface area contributed by atoms with Gasteiger partial charge in [0, 0.05) is 47.4 Å². The fourth-order valence-electron chi connectivity index (χ4n) is 3.59. The Hall–Kier alpha value is -2.99. The molecule has 4 rings (SSSR count). The summed E-state index contributed by atoms with van der Waals surface area (Å²) >= 11 is 1.72. The molecule has 3 N–H and O–H groups in total. The van der Waals surface area contributed by atoms with Crippen LogP contribution in [0.3, 0.4) is 0 Å². The monoisotopic (exact) mass is 463 g/mol. The van der Waals surface area contributed by atoms with Gasteiger partial charge in [-0.3, -0.25) is 4.98 Å². The molecule has 0 amide bonds. The molecule has 1 aliphatic heterocycles. The van der Waals surface area contributed by atoms with Crippen molar-refractivity contribution in [3.8, 4) is 28.0 Å². The van der Waals surface area contributed by atoms with Crippen molar-refractivity contribution >= 4 is 17.2 Å². The third-order valence-corrected chi connectivity index (χ3v) is 6.67. The Morgan fingerprint density at radius 1 is 1.18 bits per heavy atom. The number of hydrogen-bond acceptors (Lipinski definition) is 8. The standard InChI is InChI=1S/C25H29N5O2S/c1-25(2,31)7-4-17-10-18(13-27-12-17)16-32-21-11-20(14-28-23(21)26)22-15-29-24(33-22)19-5-8-30(3)9-6-19/h10-15,19,31H,5-6,8-9,16H2,1-3H3,(H2,26,28). The molecule has 1 saturated heterocycles. The Kier molecular flexibility index (Phi) is 6.94. The van der Waals surface area contributed by atoms with Crippen molar-refractivity contribution in [2.75, 3.05) is 25.9 Å². The average molecular weight is 464 g/mol. The number of pyridine rings is 2. The summed E-state index contributed by atoms with van der Waals surface area (Å²) in [6.45, 7) is 5.79. The highest BCUT2D eigenvalue weighted by atomic mass is 32.1. The first-order valence-corrected chi connectivity index (χ1v) is 11.8. The highest BCUT2D eigenvalue weighted by Crippen LogP contribution is 2.36. The van der Waals surface area contributed by atoms with Crippen molar-refractivity contribution in [3.63, 3.8) is 0 Å². The number of likely N-dealkylation sites (tertiary alicyclic amines) is 1. The first-order chi connectivity index (χ1) is 15.8. The molecule has 33 heavy (non-hydrogen) atoms. The number of hydrogen-bond donors (Lipinski definition) is 2. The van der Waals surface area contributed by atoms with Crippen molar-refractivity contribution in [2.45, 2.75) is 44.8 Å². The third-order valence-electron chi connectivity index (χ3n) is 5.46. The van der Waals surface area contributed by atoms with Crippen LogP contribution in [-0.4, -0.2) is 50.7 Å². The highest BCUT2D eigenvalue weighted by Gasteiger charge is 2.21. The predicted octanol–water partition coefficient (Wildman–Crippen LogP) is 3.69. The van der Waals surface area contributed by atoms with Crippen molar-refractivity contribution in [1.29, 1.82) is 0 Å². The minimum Gasteiger partial charge on any atom is -0.485 e. The van der Waals surface area contributed by atoms with Crippen molar-refractivity contribution < 1.29 is 9.84 Å². The van der Waals surface area contributed by atoms with Gasteiger partial charge in [0.05, 0.1) is 9.88 Å². The van der Waals surface area contributed by atoms with E-state index < -0.39 is 5.60 Å². The lowest BCUT2D eigenvalue weighted by molar-refractivity contribution is 0.143. The molecule has 0 bridgehead atoms. The van der Waals surface area contributed by atoms with E-state index in [-0.39, 0.29) is 6.61 Å². The molecule has 1 aliphatic rings. The van der Waals surface area contributed by atoms with Gasteiger partial charge >= 0.3 is 0 Å². The minimum absolute atomic E-state index is 0.282. The normalized spacial score (nSPS) is 15.2. The van der Waals surface area contributed by atoms with Gasteiger partial charge in [0.2, 0.25) is 0 Å². The molecule has 0 spiro atoms. The molecule has 8 heteroatoms. The zero-order valence-corrected chi connectivity index (χ0v) is 20.0. The molecule has 0 atom stereocenters. The van der Waals surface area contributed by atoms with E-state index >= 15 is 0 Å². The number of anilines is 1. The Morgan fingerprint density at radius 3 is 2.73 bits per heavy atom. The van der Waals surface area contributed by atoms with E-state index in [0.717, 1.165) is 41.9 Å². The lowest BCUT2D eigenvalue weighted by Crippen LogP contribution is -2.29. The van der Waals surface area contributed by atoms with Crippen LogP contribution in [0, 0.1) is 11.8 Å². The number of rotatable bonds is 5. The van der Waals surface area contributed by atoms with E-state index in [1.165, 1.54) is 5.01 Å². The third kappa shape index (κ3) is 6.29. The van der Waals surface area contributed by atoms with Crippen LogP contribution in [0.2, 0.25) is 0 Å². The summed E-state index contributed by atoms with van der Waals surface area (Å²) in [5.74, 6) is 7.11. The zero-order chi connectivity index (χ0) is 23.4. The smallest absolute Gasteiger partial charge is 0.166 e. The van der Waals surface area contributed by atoms with Crippen LogP contribution in [0.4, 0.5) is 5.82 Å². The summed E-state index contributed by atoms with van der Waals surface area (Å²) in [5, 5.41) is 11.0. The molecule has 0 unspecified atom stereocenters. The number of ether oxygens (including phenoxy) is 1. The lowest BCUT2D eigenvalue weighted by atomic mass is 9.98. The van der Waals surface area contributed by atoms with Gasteiger partial charge in [-0.1, -0.05) is 11.8 Å². The summed E-state index contributed by atoms with van der Waals surface area (Å²) in [4.78, 5) is 16.7. The number of thiazole rings is 1. The Balaban J connectivity index is 1.46. The largest absolute Gasteiger partial charge is 0.485 e. The number of piperidine rings is 1. The Bertz CT molecular complexity index is 1170. The molecule has 0 saturated carbocycles. The van der Waals surface area contributed by atoms with Gasteiger partial charge in [-0.2, -0.15) is 0 Å². The van der Waals surface area contributed by atoms with Crippen LogP contribution in [0.1, 0.15) is 48.7 Å². The van der Waals surface area contributed by atoms with Crippen LogP contribution in [0.5, 0.6) is 5.75 Å². The van der Waals surface area contributed by atoms with Crippen LogP contribution in [-0.2, 0) is 6.61 Å². The van der Waals surface area contributed by atoms with Crippen molar-refractivity contribution in [2.24, 2.45) is 0 Å². The molecule has 7 nitrogen and oxygen atoms in total. The van der Waals surface area contributed by atoms with Gasteiger partial charge in [-0.15, -0.1) is 11.3 Å². The van der Waals surface area contributed by atoms with Crippen LogP contribution >= 0.6 is 11.3 Å². The number of aromatic nitrogens is 3. The van der Waals surface area contributed by atoms with Crippen molar-refractivity contribution in [3.05, 3.63) is 53.1 Å². The van der Waals surface area contributed by atoms with E-state index in [9.17, 15) is 5.11 Å². The maximum Gasteiger partial charge on any atom is 0.166 e. The maximum absolute atomic E-state index is 9.79. The second-order valence-corrected chi connectivity index (χ2v) is 9.99. The fraction of sp³-hybridized carbons (Fsp3) is 0.400. The van der Waals surface area contributed by atoms with Gasteiger partial charge in [0.25, 0.3) is 0 Å². The summed E-state index contributed by atoms with van der Waals surface area (Å²) in [5.41, 5.74) is 7.52. The van der Waals surface area contributed by atoms with E-state index in [1.807, 2.05) is 18.3 Å². The zero-order valence-electron chi connectivity index (χ0n) is 19.2. The summed E-state index contributed by atoms with van der Waals surface area (Å²) in [6, 6.07) is 3.80. The predicted molar refractivity (Wildman–Crippen MR) is 131 cm³/mol. The SMILES string of the molecule is CN1CCC(c2ncc(-c3cnc(N)c(OCc4cncc(C#CC(C)(C)O)c4)c3)s2)CC1. The van der Waals surface area contributed by atoms with Gasteiger partial charge in [0.1, 0.15) is 12.2 Å².